The van der Waals surface area contributed by atoms with E-state index in [2.05, 4.69) is 0 Å². The van der Waals surface area contributed by atoms with Crippen LogP contribution in [0.25, 0.3) is 11.0 Å². The van der Waals surface area contributed by atoms with Crippen LogP contribution in [0.1, 0.15) is 22.9 Å². The molecular weight excluding hydrogens is 277 g/mol. The monoisotopic (exact) mass is 289 g/mol. The molecule has 2 nitrogen and oxygen atoms in total. The molecule has 3 rings (SSSR count). The molecule has 4 heteroatoms. The van der Waals surface area contributed by atoms with E-state index in [1.807, 2.05) is 19.1 Å². The van der Waals surface area contributed by atoms with Gasteiger partial charge in [0.2, 0.25) is 0 Å². The molecule has 0 bridgehead atoms. The van der Waals surface area contributed by atoms with Gasteiger partial charge in [-0.25, -0.2) is 4.39 Å². The largest absolute Gasteiger partial charge is 0.459 e. The lowest BCUT2D eigenvalue weighted by molar-refractivity contribution is 0.522. The summed E-state index contributed by atoms with van der Waals surface area (Å²) in [6.45, 7) is 1.90. The van der Waals surface area contributed by atoms with Crippen LogP contribution in [0.3, 0.4) is 0 Å². The molecule has 2 aromatic carbocycles. The molecule has 102 valence electrons. The number of halogens is 2. The fourth-order valence-corrected chi connectivity index (χ4v) is 2.47. The molecule has 0 aliphatic carbocycles. The highest BCUT2D eigenvalue weighted by atomic mass is 35.5. The number of rotatable bonds is 2. The van der Waals surface area contributed by atoms with Crippen molar-refractivity contribution in [3.05, 3.63) is 70.2 Å². The first kappa shape index (κ1) is 13.2. The van der Waals surface area contributed by atoms with Crippen molar-refractivity contribution in [1.82, 2.24) is 0 Å². The second-order valence-corrected chi connectivity index (χ2v) is 5.25. The van der Waals surface area contributed by atoms with Gasteiger partial charge in [-0.05, 0) is 54.4 Å². The van der Waals surface area contributed by atoms with Gasteiger partial charge in [0, 0.05) is 10.4 Å². The number of furan rings is 1. The minimum absolute atomic E-state index is 0.305. The first-order valence-electron chi connectivity index (χ1n) is 6.25. The molecule has 20 heavy (non-hydrogen) atoms. The van der Waals surface area contributed by atoms with E-state index in [9.17, 15) is 4.39 Å². The molecule has 0 aliphatic heterocycles. The van der Waals surface area contributed by atoms with Gasteiger partial charge in [-0.3, -0.25) is 0 Å². The number of hydrogen-bond donors (Lipinski definition) is 1. The summed E-state index contributed by atoms with van der Waals surface area (Å²) < 4.78 is 19.1. The number of hydrogen-bond acceptors (Lipinski definition) is 2. The normalized spacial score (nSPS) is 12.8. The molecule has 0 saturated heterocycles. The second kappa shape index (κ2) is 4.93. The Balaban J connectivity index is 2.07. The van der Waals surface area contributed by atoms with Crippen molar-refractivity contribution in [2.75, 3.05) is 0 Å². The van der Waals surface area contributed by atoms with Crippen molar-refractivity contribution in [3.63, 3.8) is 0 Å². The molecule has 0 fully saturated rings. The van der Waals surface area contributed by atoms with Crippen LogP contribution in [0.4, 0.5) is 4.39 Å². The van der Waals surface area contributed by atoms with Crippen LogP contribution >= 0.6 is 11.6 Å². The third kappa shape index (κ3) is 2.30. The Morgan fingerprint density at radius 3 is 2.75 bits per heavy atom. The highest BCUT2D eigenvalue weighted by Crippen LogP contribution is 2.30. The van der Waals surface area contributed by atoms with Gasteiger partial charge >= 0.3 is 0 Å². The average Bonchev–Trinajstić information content (AvgIpc) is 2.83. The van der Waals surface area contributed by atoms with E-state index in [1.165, 1.54) is 12.1 Å². The molecule has 2 N–H and O–H groups in total. The number of fused-ring (bicyclic) bond motifs is 1. The lowest BCUT2D eigenvalue weighted by atomic mass is 10.00. The zero-order valence-electron chi connectivity index (χ0n) is 10.9. The van der Waals surface area contributed by atoms with Gasteiger partial charge in [0.05, 0.1) is 6.04 Å². The second-order valence-electron chi connectivity index (χ2n) is 4.81. The first-order chi connectivity index (χ1) is 9.54. The highest BCUT2D eigenvalue weighted by Gasteiger charge is 2.17. The van der Waals surface area contributed by atoms with E-state index >= 15 is 0 Å². The predicted molar refractivity (Wildman–Crippen MR) is 78.4 cm³/mol. The maximum atomic E-state index is 13.4. The van der Waals surface area contributed by atoms with Gasteiger partial charge in [-0.1, -0.05) is 17.7 Å². The number of aryl methyl sites for hydroxylation is 1. The quantitative estimate of drug-likeness (QED) is 0.750. The first-order valence-corrected chi connectivity index (χ1v) is 6.63. The summed E-state index contributed by atoms with van der Waals surface area (Å²) in [5, 5.41) is 1.53. The van der Waals surface area contributed by atoms with Gasteiger partial charge in [-0.15, -0.1) is 0 Å². The molecule has 0 spiro atoms. The standard InChI is InChI=1S/C16H13ClFNO/c1-9-2-4-12(18)8-13(9)16(19)15-7-10-6-11(17)3-5-14(10)20-15/h2-8,16H,19H2,1H3. The van der Waals surface area contributed by atoms with Gasteiger partial charge in [0.15, 0.2) is 0 Å². The van der Waals surface area contributed by atoms with Crippen LogP contribution in [-0.2, 0) is 0 Å². The lowest BCUT2D eigenvalue weighted by Crippen LogP contribution is -2.12. The number of nitrogens with two attached hydrogens (primary N) is 1. The van der Waals surface area contributed by atoms with Crippen LogP contribution in [-0.4, -0.2) is 0 Å². The molecule has 3 aromatic rings. The summed E-state index contributed by atoms with van der Waals surface area (Å²) in [4.78, 5) is 0. The Morgan fingerprint density at radius 2 is 1.95 bits per heavy atom. The summed E-state index contributed by atoms with van der Waals surface area (Å²) in [7, 11) is 0. The fraction of sp³-hybridized carbons (Fsp3) is 0.125. The van der Waals surface area contributed by atoms with E-state index < -0.39 is 6.04 Å². The summed E-state index contributed by atoms with van der Waals surface area (Å²) in [6, 6.07) is 11.3. The third-order valence-electron chi connectivity index (χ3n) is 3.38. The van der Waals surface area contributed by atoms with Crippen molar-refractivity contribution in [2.24, 2.45) is 5.73 Å². The Labute approximate surface area is 121 Å². The maximum Gasteiger partial charge on any atom is 0.134 e. The van der Waals surface area contributed by atoms with E-state index in [4.69, 9.17) is 21.8 Å². The molecule has 0 radical (unpaired) electrons. The van der Waals surface area contributed by atoms with Gasteiger partial charge in [-0.2, -0.15) is 0 Å². The van der Waals surface area contributed by atoms with Gasteiger partial charge < -0.3 is 10.2 Å². The summed E-state index contributed by atoms with van der Waals surface area (Å²) in [6.07, 6.45) is 0. The van der Waals surface area contributed by atoms with Gasteiger partial charge in [0.1, 0.15) is 17.2 Å². The lowest BCUT2D eigenvalue weighted by Gasteiger charge is -2.12. The Hall–Kier alpha value is -1.84. The molecule has 0 aliphatic rings. The van der Waals surface area contributed by atoms with Crippen molar-refractivity contribution in [1.29, 1.82) is 0 Å². The van der Waals surface area contributed by atoms with Crippen molar-refractivity contribution >= 4 is 22.6 Å². The Morgan fingerprint density at radius 1 is 1.15 bits per heavy atom. The molecule has 1 aromatic heterocycles. The summed E-state index contributed by atoms with van der Waals surface area (Å²) in [5.74, 6) is 0.288. The Bertz CT molecular complexity index is 781. The van der Waals surface area contributed by atoms with Crippen molar-refractivity contribution < 1.29 is 8.81 Å². The minimum atomic E-state index is -0.503. The topological polar surface area (TPSA) is 39.2 Å². The summed E-state index contributed by atoms with van der Waals surface area (Å²) >= 11 is 5.95. The van der Waals surface area contributed by atoms with E-state index in [0.29, 0.717) is 16.4 Å². The van der Waals surface area contributed by atoms with E-state index in [-0.39, 0.29) is 5.82 Å². The molecule has 1 atom stereocenters. The molecule has 1 unspecified atom stereocenters. The number of benzene rings is 2. The molecular formula is C16H13ClFNO. The zero-order valence-corrected chi connectivity index (χ0v) is 11.6. The molecule has 1 heterocycles. The van der Waals surface area contributed by atoms with Crippen molar-refractivity contribution in [3.8, 4) is 0 Å². The molecule has 0 amide bonds. The van der Waals surface area contributed by atoms with Crippen LogP contribution in [0.2, 0.25) is 5.02 Å². The molecule has 0 saturated carbocycles. The summed E-state index contributed by atoms with van der Waals surface area (Å²) in [5.41, 5.74) is 8.56. The minimum Gasteiger partial charge on any atom is -0.459 e. The maximum absolute atomic E-state index is 13.4. The average molecular weight is 290 g/mol. The van der Waals surface area contributed by atoms with Crippen LogP contribution in [0.5, 0.6) is 0 Å². The van der Waals surface area contributed by atoms with E-state index in [0.717, 1.165) is 16.5 Å². The zero-order chi connectivity index (χ0) is 14.3. The Kier molecular flexibility index (Phi) is 3.24. The third-order valence-corrected chi connectivity index (χ3v) is 3.62. The smallest absolute Gasteiger partial charge is 0.134 e. The van der Waals surface area contributed by atoms with Gasteiger partial charge in [0.25, 0.3) is 0 Å². The van der Waals surface area contributed by atoms with E-state index in [1.54, 1.807) is 18.2 Å². The van der Waals surface area contributed by atoms with Crippen LogP contribution in [0.15, 0.2) is 46.9 Å². The fourth-order valence-electron chi connectivity index (χ4n) is 2.29. The van der Waals surface area contributed by atoms with Crippen LogP contribution in [0, 0.1) is 12.7 Å². The predicted octanol–water partition coefficient (Wildman–Crippen LogP) is 4.58. The SMILES string of the molecule is Cc1ccc(F)cc1C(N)c1cc2cc(Cl)ccc2o1. The van der Waals surface area contributed by atoms with Crippen molar-refractivity contribution in [2.45, 2.75) is 13.0 Å². The van der Waals surface area contributed by atoms with Crippen LogP contribution < -0.4 is 5.73 Å². The highest BCUT2D eigenvalue weighted by molar-refractivity contribution is 6.31.